The third kappa shape index (κ3) is 5.81. The summed E-state index contributed by atoms with van der Waals surface area (Å²) in [6.07, 6.45) is 1.81. The maximum Gasteiger partial charge on any atom is 0.257 e. The van der Waals surface area contributed by atoms with Crippen LogP contribution in [-0.2, 0) is 11.2 Å². The van der Waals surface area contributed by atoms with Gasteiger partial charge in [-0.2, -0.15) is 0 Å². The van der Waals surface area contributed by atoms with Crippen LogP contribution in [0.2, 0.25) is 0 Å². The van der Waals surface area contributed by atoms with Gasteiger partial charge in [0.05, 0.1) is 0 Å². The van der Waals surface area contributed by atoms with Crippen LogP contribution in [0.1, 0.15) is 27.9 Å². The van der Waals surface area contributed by atoms with Gasteiger partial charge in [-0.1, -0.05) is 60.7 Å². The average molecular weight is 373 g/mol. The summed E-state index contributed by atoms with van der Waals surface area (Å²) in [6.45, 7) is 0.568. The van der Waals surface area contributed by atoms with E-state index in [-0.39, 0.29) is 18.3 Å². The molecule has 0 fully saturated rings. The maximum absolute atomic E-state index is 12.4. The van der Waals surface area contributed by atoms with E-state index in [4.69, 9.17) is 4.74 Å². The van der Waals surface area contributed by atoms with Crippen molar-refractivity contribution >= 4 is 11.7 Å². The minimum absolute atomic E-state index is 0.0386. The number of hydrogen-bond acceptors (Lipinski definition) is 3. The Morgan fingerprint density at radius 1 is 0.750 bits per heavy atom. The van der Waals surface area contributed by atoms with E-state index in [1.165, 1.54) is 5.56 Å². The van der Waals surface area contributed by atoms with Gasteiger partial charge in [0, 0.05) is 17.7 Å². The molecule has 0 aliphatic heterocycles. The van der Waals surface area contributed by atoms with Crippen LogP contribution in [0.4, 0.5) is 0 Å². The predicted molar refractivity (Wildman–Crippen MR) is 110 cm³/mol. The number of carbonyl (C=O) groups is 2. The van der Waals surface area contributed by atoms with Crippen molar-refractivity contribution in [3.8, 4) is 5.75 Å². The number of aryl methyl sites for hydroxylation is 1. The molecule has 3 rings (SSSR count). The number of benzene rings is 3. The molecule has 0 spiro atoms. The van der Waals surface area contributed by atoms with Crippen molar-refractivity contribution in [3.05, 3.63) is 102 Å². The first-order valence-electron chi connectivity index (χ1n) is 9.35. The maximum atomic E-state index is 12.4. The summed E-state index contributed by atoms with van der Waals surface area (Å²) in [5.74, 6) is 0.366. The van der Waals surface area contributed by atoms with Gasteiger partial charge in [-0.25, -0.2) is 0 Å². The molecule has 0 aliphatic rings. The third-order valence-electron chi connectivity index (χ3n) is 4.33. The molecular formula is C24H23NO3. The molecule has 142 valence electrons. The molecule has 4 nitrogen and oxygen atoms in total. The van der Waals surface area contributed by atoms with Crippen molar-refractivity contribution in [1.29, 1.82) is 0 Å². The Hall–Kier alpha value is -3.40. The third-order valence-corrected chi connectivity index (χ3v) is 4.33. The average Bonchev–Trinajstić information content (AvgIpc) is 2.76. The van der Waals surface area contributed by atoms with E-state index in [1.807, 2.05) is 36.4 Å². The lowest BCUT2D eigenvalue weighted by molar-refractivity contribution is -0.123. The van der Waals surface area contributed by atoms with Crippen LogP contribution in [0.25, 0.3) is 0 Å². The van der Waals surface area contributed by atoms with Gasteiger partial charge in [0.15, 0.2) is 12.4 Å². The lowest BCUT2D eigenvalue weighted by Crippen LogP contribution is -2.29. The Morgan fingerprint density at radius 3 is 2.04 bits per heavy atom. The van der Waals surface area contributed by atoms with Crippen LogP contribution in [0, 0.1) is 0 Å². The Bertz CT molecular complexity index is 890. The zero-order valence-electron chi connectivity index (χ0n) is 15.6. The van der Waals surface area contributed by atoms with Gasteiger partial charge >= 0.3 is 0 Å². The topological polar surface area (TPSA) is 55.4 Å². The number of ether oxygens (including phenoxy) is 1. The molecule has 0 bridgehead atoms. The second kappa shape index (κ2) is 10.1. The van der Waals surface area contributed by atoms with Crippen LogP contribution >= 0.6 is 0 Å². The molecule has 4 heteroatoms. The lowest BCUT2D eigenvalue weighted by Gasteiger charge is -2.08. The summed E-state index contributed by atoms with van der Waals surface area (Å²) in [4.78, 5) is 24.3. The number of amides is 1. The lowest BCUT2D eigenvalue weighted by atomic mass is 10.0. The summed E-state index contributed by atoms with van der Waals surface area (Å²) in [6, 6.07) is 26.1. The van der Waals surface area contributed by atoms with E-state index in [0.717, 1.165) is 12.8 Å². The van der Waals surface area contributed by atoms with Gasteiger partial charge in [-0.3, -0.25) is 9.59 Å². The van der Waals surface area contributed by atoms with E-state index in [1.54, 1.807) is 36.4 Å². The van der Waals surface area contributed by atoms with E-state index < -0.39 is 0 Å². The second-order valence-corrected chi connectivity index (χ2v) is 6.45. The molecule has 28 heavy (non-hydrogen) atoms. The minimum Gasteiger partial charge on any atom is -0.484 e. The summed E-state index contributed by atoms with van der Waals surface area (Å²) >= 11 is 0. The molecule has 0 heterocycles. The van der Waals surface area contributed by atoms with Gasteiger partial charge in [0.25, 0.3) is 5.91 Å². The van der Waals surface area contributed by atoms with E-state index in [0.29, 0.717) is 23.4 Å². The summed E-state index contributed by atoms with van der Waals surface area (Å²) in [7, 11) is 0. The first-order chi connectivity index (χ1) is 13.7. The van der Waals surface area contributed by atoms with Crippen molar-refractivity contribution in [3.63, 3.8) is 0 Å². The highest BCUT2D eigenvalue weighted by Gasteiger charge is 2.09. The largest absolute Gasteiger partial charge is 0.484 e. The highest BCUT2D eigenvalue weighted by molar-refractivity contribution is 6.08. The number of rotatable bonds is 9. The molecule has 3 aromatic rings. The zero-order chi connectivity index (χ0) is 19.6. The van der Waals surface area contributed by atoms with Gasteiger partial charge < -0.3 is 10.1 Å². The first kappa shape index (κ1) is 19.4. The predicted octanol–water partition coefficient (Wildman–Crippen LogP) is 4.05. The Balaban J connectivity index is 1.39. The summed E-state index contributed by atoms with van der Waals surface area (Å²) in [5.41, 5.74) is 2.49. The van der Waals surface area contributed by atoms with Crippen LogP contribution in [0.3, 0.4) is 0 Å². The standard InChI is InChI=1S/C24H23NO3/c26-23(25-17-7-10-19-8-3-1-4-9-19)18-28-22-15-13-21(14-16-22)24(27)20-11-5-2-6-12-20/h1-6,8-9,11-16H,7,10,17-18H2,(H,25,26). The molecule has 0 radical (unpaired) electrons. The number of hydrogen-bond donors (Lipinski definition) is 1. The quantitative estimate of drug-likeness (QED) is 0.455. The van der Waals surface area contributed by atoms with Crippen molar-refractivity contribution in [2.75, 3.05) is 13.2 Å². The highest BCUT2D eigenvalue weighted by Crippen LogP contribution is 2.15. The summed E-state index contributed by atoms with van der Waals surface area (Å²) in [5, 5.41) is 2.86. The first-order valence-corrected chi connectivity index (χ1v) is 9.35. The Labute approximate surface area is 165 Å². The molecule has 0 aliphatic carbocycles. The molecule has 0 unspecified atom stereocenters. The fourth-order valence-electron chi connectivity index (χ4n) is 2.82. The Kier molecular flexibility index (Phi) is 6.96. The van der Waals surface area contributed by atoms with E-state index in [2.05, 4.69) is 17.4 Å². The molecule has 0 saturated heterocycles. The minimum atomic E-state index is -0.155. The summed E-state index contributed by atoms with van der Waals surface area (Å²) < 4.78 is 5.50. The van der Waals surface area contributed by atoms with E-state index in [9.17, 15) is 9.59 Å². The van der Waals surface area contributed by atoms with Crippen LogP contribution in [0.15, 0.2) is 84.9 Å². The van der Waals surface area contributed by atoms with Gasteiger partial charge in [0.2, 0.25) is 0 Å². The molecule has 0 aromatic heterocycles. The van der Waals surface area contributed by atoms with Gasteiger partial charge in [-0.05, 0) is 42.7 Å². The van der Waals surface area contributed by atoms with Crippen molar-refractivity contribution in [1.82, 2.24) is 5.32 Å². The van der Waals surface area contributed by atoms with Crippen molar-refractivity contribution in [2.45, 2.75) is 12.8 Å². The number of carbonyl (C=O) groups excluding carboxylic acids is 2. The number of nitrogens with one attached hydrogen (secondary N) is 1. The highest BCUT2D eigenvalue weighted by atomic mass is 16.5. The smallest absolute Gasteiger partial charge is 0.257 e. The fraction of sp³-hybridized carbons (Fsp3) is 0.167. The zero-order valence-corrected chi connectivity index (χ0v) is 15.6. The molecule has 1 N–H and O–H groups in total. The van der Waals surface area contributed by atoms with Crippen molar-refractivity contribution in [2.24, 2.45) is 0 Å². The second-order valence-electron chi connectivity index (χ2n) is 6.45. The van der Waals surface area contributed by atoms with Crippen LogP contribution in [-0.4, -0.2) is 24.8 Å². The van der Waals surface area contributed by atoms with Crippen LogP contribution < -0.4 is 10.1 Å². The molecule has 3 aromatic carbocycles. The Morgan fingerprint density at radius 2 is 1.36 bits per heavy atom. The number of ketones is 1. The molecule has 1 amide bonds. The van der Waals surface area contributed by atoms with Crippen molar-refractivity contribution < 1.29 is 14.3 Å². The van der Waals surface area contributed by atoms with Gasteiger partial charge in [0.1, 0.15) is 5.75 Å². The molecule has 0 saturated carbocycles. The van der Waals surface area contributed by atoms with Crippen LogP contribution in [0.5, 0.6) is 5.75 Å². The van der Waals surface area contributed by atoms with Gasteiger partial charge in [-0.15, -0.1) is 0 Å². The monoisotopic (exact) mass is 373 g/mol. The fourth-order valence-corrected chi connectivity index (χ4v) is 2.82. The van der Waals surface area contributed by atoms with E-state index >= 15 is 0 Å². The normalized spacial score (nSPS) is 10.3. The molecule has 0 atom stereocenters. The molecular weight excluding hydrogens is 350 g/mol. The SMILES string of the molecule is O=C(COc1ccc(C(=O)c2ccccc2)cc1)NCCCc1ccccc1.